The minimum atomic E-state index is -3.00. The molecule has 0 saturated heterocycles. The molecule has 0 N–H and O–H groups in total. The third kappa shape index (κ3) is 4.28. The quantitative estimate of drug-likeness (QED) is 0.792. The molecule has 2 rings (SSSR count). The highest BCUT2D eigenvalue weighted by Gasteiger charge is 2.35. The van der Waals surface area contributed by atoms with Crippen LogP contribution in [0.15, 0.2) is 5.38 Å². The minimum Gasteiger partial charge on any atom is -0.375 e. The van der Waals surface area contributed by atoms with Crippen molar-refractivity contribution in [2.24, 2.45) is 0 Å². The van der Waals surface area contributed by atoms with Crippen LogP contribution in [0, 0.1) is 0 Å². The van der Waals surface area contributed by atoms with Gasteiger partial charge in [-0.2, -0.15) is 0 Å². The fourth-order valence-electron chi connectivity index (χ4n) is 3.14. The van der Waals surface area contributed by atoms with Crippen LogP contribution in [-0.4, -0.2) is 50.0 Å². The van der Waals surface area contributed by atoms with Crippen LogP contribution < -0.4 is 0 Å². The van der Waals surface area contributed by atoms with E-state index < -0.39 is 9.84 Å². The van der Waals surface area contributed by atoms with Crippen molar-refractivity contribution in [3.63, 3.8) is 0 Å². The Balaban J connectivity index is 2.07. The highest BCUT2D eigenvalue weighted by Crippen LogP contribution is 2.29. The lowest BCUT2D eigenvalue weighted by molar-refractivity contribution is 0.119. The second-order valence-electron chi connectivity index (χ2n) is 6.19. The van der Waals surface area contributed by atoms with Gasteiger partial charge in [0.1, 0.15) is 11.1 Å². The lowest BCUT2D eigenvalue weighted by Crippen LogP contribution is -2.46. The molecule has 1 saturated carbocycles. The van der Waals surface area contributed by atoms with Gasteiger partial charge >= 0.3 is 0 Å². The van der Waals surface area contributed by atoms with Gasteiger partial charge in [0.05, 0.1) is 10.9 Å². The van der Waals surface area contributed by atoms with Gasteiger partial charge in [0.25, 0.3) is 0 Å². The Bertz CT molecular complexity index is 585. The lowest BCUT2D eigenvalue weighted by atomic mass is 9.94. The van der Waals surface area contributed by atoms with Gasteiger partial charge in [-0.15, -0.1) is 11.3 Å². The van der Waals surface area contributed by atoms with E-state index in [1.165, 1.54) is 6.26 Å². The van der Waals surface area contributed by atoms with Gasteiger partial charge < -0.3 is 4.74 Å². The Hall–Kier alpha value is -0.500. The fourth-order valence-corrected chi connectivity index (χ4v) is 5.49. The van der Waals surface area contributed by atoms with Crippen molar-refractivity contribution >= 4 is 21.2 Å². The molecule has 126 valence electrons. The van der Waals surface area contributed by atoms with Gasteiger partial charge in [0.2, 0.25) is 0 Å². The fraction of sp³-hybridized carbons (Fsp3) is 0.800. The maximum absolute atomic E-state index is 12.0. The predicted octanol–water partition coefficient (Wildman–Crippen LogP) is 2.64. The van der Waals surface area contributed by atoms with E-state index in [-0.39, 0.29) is 17.4 Å². The molecule has 0 amide bonds. The summed E-state index contributed by atoms with van der Waals surface area (Å²) >= 11 is 1.60. The zero-order chi connectivity index (χ0) is 16.3. The third-order valence-corrected chi connectivity index (χ3v) is 7.17. The molecule has 1 fully saturated rings. The van der Waals surface area contributed by atoms with Gasteiger partial charge in [-0.3, -0.25) is 4.90 Å². The molecule has 0 radical (unpaired) electrons. The van der Waals surface area contributed by atoms with Crippen molar-refractivity contribution in [2.45, 2.75) is 56.5 Å². The second-order valence-corrected chi connectivity index (χ2v) is 9.34. The molecule has 3 atom stereocenters. The summed E-state index contributed by atoms with van der Waals surface area (Å²) < 4.78 is 29.3. The summed E-state index contributed by atoms with van der Waals surface area (Å²) in [7, 11) is 0.680. The first-order valence-electron chi connectivity index (χ1n) is 7.69. The van der Waals surface area contributed by atoms with Crippen LogP contribution in [0.4, 0.5) is 0 Å². The topological polar surface area (TPSA) is 59.5 Å². The molecule has 1 aliphatic carbocycles. The van der Waals surface area contributed by atoms with Crippen LogP contribution in [0.2, 0.25) is 0 Å². The van der Waals surface area contributed by atoms with Crippen LogP contribution in [0.3, 0.4) is 0 Å². The molecule has 0 aromatic carbocycles. The minimum absolute atomic E-state index is 0.00232. The zero-order valence-corrected chi connectivity index (χ0v) is 15.4. The number of nitrogens with zero attached hydrogens (tertiary/aromatic N) is 2. The van der Waals surface area contributed by atoms with Gasteiger partial charge in [-0.05, 0) is 26.8 Å². The first kappa shape index (κ1) is 17.8. The number of rotatable bonds is 6. The molecule has 0 aliphatic heterocycles. The van der Waals surface area contributed by atoms with E-state index in [0.29, 0.717) is 6.54 Å². The van der Waals surface area contributed by atoms with Gasteiger partial charge in [-0.25, -0.2) is 13.4 Å². The summed E-state index contributed by atoms with van der Waals surface area (Å²) in [5.41, 5.74) is 0.990. The van der Waals surface area contributed by atoms with Crippen molar-refractivity contribution in [3.8, 4) is 0 Å². The highest BCUT2D eigenvalue weighted by molar-refractivity contribution is 7.91. The number of sulfone groups is 1. The summed E-state index contributed by atoms with van der Waals surface area (Å²) in [6.45, 7) is 2.66. The molecule has 0 unspecified atom stereocenters. The Labute approximate surface area is 137 Å². The van der Waals surface area contributed by atoms with Crippen molar-refractivity contribution < 1.29 is 13.2 Å². The maximum Gasteiger partial charge on any atom is 0.151 e. The van der Waals surface area contributed by atoms with Crippen LogP contribution in [0.1, 0.15) is 49.4 Å². The van der Waals surface area contributed by atoms with Crippen molar-refractivity contribution in [3.05, 3.63) is 16.1 Å². The number of hydrogen-bond donors (Lipinski definition) is 0. The van der Waals surface area contributed by atoms with Crippen LogP contribution in [0.5, 0.6) is 0 Å². The highest BCUT2D eigenvalue weighted by atomic mass is 32.2. The third-order valence-electron chi connectivity index (χ3n) is 4.47. The molecular weight excluding hydrogens is 320 g/mol. The molecule has 1 aliphatic rings. The molecule has 5 nitrogen and oxygen atoms in total. The average Bonchev–Trinajstić information content (AvgIpc) is 2.94. The Kier molecular flexibility index (Phi) is 5.99. The lowest BCUT2D eigenvalue weighted by Gasteiger charge is -2.36. The normalized spacial score (nSPS) is 24.6. The van der Waals surface area contributed by atoms with E-state index in [2.05, 4.69) is 9.88 Å². The predicted molar refractivity (Wildman–Crippen MR) is 89.9 cm³/mol. The zero-order valence-electron chi connectivity index (χ0n) is 13.8. The summed E-state index contributed by atoms with van der Waals surface area (Å²) in [6, 6.07) is 0.0914. The number of aromatic nitrogens is 1. The molecule has 7 heteroatoms. The Morgan fingerprint density at radius 1 is 1.45 bits per heavy atom. The van der Waals surface area contributed by atoms with Crippen LogP contribution >= 0.6 is 11.3 Å². The molecule has 1 aromatic heterocycles. The maximum atomic E-state index is 12.0. The molecule has 1 heterocycles. The number of hydrogen-bond acceptors (Lipinski definition) is 6. The molecule has 1 aromatic rings. The Morgan fingerprint density at radius 2 is 2.14 bits per heavy atom. The van der Waals surface area contributed by atoms with E-state index in [9.17, 15) is 8.42 Å². The van der Waals surface area contributed by atoms with Crippen LogP contribution in [0.25, 0.3) is 0 Å². The second kappa shape index (κ2) is 7.38. The smallest absolute Gasteiger partial charge is 0.151 e. The number of ether oxygens (including phenoxy) is 1. The van der Waals surface area contributed by atoms with E-state index in [4.69, 9.17) is 4.74 Å². The summed E-state index contributed by atoms with van der Waals surface area (Å²) in [5, 5.41) is 2.76. The first-order chi connectivity index (χ1) is 10.3. The van der Waals surface area contributed by atoms with E-state index in [1.54, 1.807) is 18.4 Å². The van der Waals surface area contributed by atoms with Gasteiger partial charge in [0, 0.05) is 31.3 Å². The van der Waals surface area contributed by atoms with Crippen molar-refractivity contribution in [2.75, 3.05) is 20.4 Å². The first-order valence-corrected chi connectivity index (χ1v) is 10.5. The Morgan fingerprint density at radius 3 is 2.77 bits per heavy atom. The number of methoxy groups -OCH3 is 1. The molecule has 0 bridgehead atoms. The SMILES string of the molecule is CO[C@H](C)c1nc(CN(C)[C@H]2CCCC[C@H]2S(C)(=O)=O)cs1. The van der Waals surface area contributed by atoms with Gasteiger partial charge in [-0.1, -0.05) is 12.8 Å². The summed E-state index contributed by atoms with van der Waals surface area (Å²) in [4.78, 5) is 6.76. The van der Waals surface area contributed by atoms with Gasteiger partial charge in [0.15, 0.2) is 9.84 Å². The number of thiazole rings is 1. The monoisotopic (exact) mass is 346 g/mol. The largest absolute Gasteiger partial charge is 0.375 e. The summed E-state index contributed by atoms with van der Waals surface area (Å²) in [5.74, 6) is 0. The van der Waals surface area contributed by atoms with Crippen LogP contribution in [-0.2, 0) is 21.1 Å². The molecule has 0 spiro atoms. The van der Waals surface area contributed by atoms with Crippen molar-refractivity contribution in [1.82, 2.24) is 9.88 Å². The van der Waals surface area contributed by atoms with E-state index in [0.717, 1.165) is 36.4 Å². The van der Waals surface area contributed by atoms with Crippen molar-refractivity contribution in [1.29, 1.82) is 0 Å². The molecular formula is C15H26N2O3S2. The average molecular weight is 347 g/mol. The standard InChI is InChI=1S/C15H26N2O3S2/c1-11(20-3)15-16-12(10-21-15)9-17(2)13-7-5-6-8-14(13)22(4,18)19/h10-11,13-14H,5-9H2,1-4H3/t11-,13+,14-/m1/s1. The van der Waals surface area contributed by atoms with E-state index >= 15 is 0 Å². The summed E-state index contributed by atoms with van der Waals surface area (Å²) in [6.07, 6.45) is 5.20. The van der Waals surface area contributed by atoms with E-state index in [1.807, 2.05) is 19.4 Å². The molecule has 22 heavy (non-hydrogen) atoms.